The number of sulfone groups is 1. The normalized spacial score (nSPS) is 17.9. The third kappa shape index (κ3) is 6.67. The van der Waals surface area contributed by atoms with E-state index in [-0.39, 0.29) is 17.9 Å². The van der Waals surface area contributed by atoms with Gasteiger partial charge in [0, 0.05) is 85.4 Å². The average Bonchev–Trinajstić information content (AvgIpc) is 3.27. The number of aliphatic hydroxyl groups excluding tert-OH is 1. The molecule has 0 aliphatic carbocycles. The van der Waals surface area contributed by atoms with E-state index in [1.54, 1.807) is 17.5 Å². The van der Waals surface area contributed by atoms with E-state index in [0.717, 1.165) is 86.1 Å². The van der Waals surface area contributed by atoms with Gasteiger partial charge in [0.25, 0.3) is 0 Å². The molecule has 0 amide bonds. The summed E-state index contributed by atoms with van der Waals surface area (Å²) in [5.41, 5.74) is 4.05. The van der Waals surface area contributed by atoms with E-state index in [1.807, 2.05) is 6.07 Å². The van der Waals surface area contributed by atoms with Gasteiger partial charge in [0.15, 0.2) is 9.84 Å². The molecule has 5 rings (SSSR count). The molecule has 3 aromatic rings. The number of aliphatic hydroxyl groups is 1. The molecule has 224 valence electrons. The van der Waals surface area contributed by atoms with Crippen LogP contribution in [0.3, 0.4) is 0 Å². The second kappa shape index (κ2) is 12.1. The van der Waals surface area contributed by atoms with Crippen LogP contribution in [0.25, 0.3) is 21.5 Å². The van der Waals surface area contributed by atoms with Gasteiger partial charge in [-0.25, -0.2) is 23.4 Å². The number of piperazine rings is 1. The molecule has 0 aromatic carbocycles. The van der Waals surface area contributed by atoms with E-state index >= 15 is 0 Å². The van der Waals surface area contributed by atoms with Gasteiger partial charge in [0.2, 0.25) is 11.8 Å². The lowest BCUT2D eigenvalue weighted by molar-refractivity contribution is 0.0149. The number of fused-ring (bicyclic) bond motifs is 1. The molecular formula is C29H42N6O4S2. The van der Waals surface area contributed by atoms with E-state index < -0.39 is 9.84 Å². The highest BCUT2D eigenvalue weighted by Crippen LogP contribution is 2.39. The molecule has 0 radical (unpaired) electrons. The molecule has 5 heterocycles. The maximum absolute atomic E-state index is 12.2. The molecule has 0 atom stereocenters. The molecule has 0 unspecified atom stereocenters. The van der Waals surface area contributed by atoms with Crippen LogP contribution in [0.15, 0.2) is 12.3 Å². The van der Waals surface area contributed by atoms with Crippen molar-refractivity contribution in [2.45, 2.75) is 57.9 Å². The number of methoxy groups -OCH3 is 1. The van der Waals surface area contributed by atoms with Crippen molar-refractivity contribution in [2.75, 3.05) is 64.1 Å². The number of aromatic nitrogens is 3. The van der Waals surface area contributed by atoms with Crippen molar-refractivity contribution in [3.05, 3.63) is 28.3 Å². The van der Waals surface area contributed by atoms with Crippen molar-refractivity contribution < 1.29 is 18.3 Å². The Morgan fingerprint density at radius 2 is 1.78 bits per heavy atom. The number of rotatable bonds is 9. The van der Waals surface area contributed by atoms with Crippen LogP contribution >= 0.6 is 11.3 Å². The lowest BCUT2D eigenvalue weighted by Gasteiger charge is -2.43. The standard InChI is InChI=1S/C29H42N6O4S2/c1-20-23(17-33-11-13-35(14-12-33)29(2,3)19-36)25-26(40-20)24(31-28(32-25)34-9-7-6-8-10-34)21-15-22(18-41(5,37)38)27(39-4)30-16-21/h15-16,36H,6-14,17-19H2,1-5H3. The summed E-state index contributed by atoms with van der Waals surface area (Å²) in [5.74, 6) is 0.881. The van der Waals surface area contributed by atoms with Crippen LogP contribution in [0.4, 0.5) is 5.95 Å². The average molecular weight is 603 g/mol. The Kier molecular flexibility index (Phi) is 8.87. The van der Waals surface area contributed by atoms with Crippen LogP contribution in [0.5, 0.6) is 5.88 Å². The van der Waals surface area contributed by atoms with Gasteiger partial charge >= 0.3 is 0 Å². The zero-order chi connectivity index (χ0) is 29.4. The molecule has 12 heteroatoms. The van der Waals surface area contributed by atoms with Gasteiger partial charge in [-0.05, 0) is 46.1 Å². The number of anilines is 1. The first-order chi connectivity index (χ1) is 19.5. The number of nitrogens with zero attached hydrogens (tertiary/aromatic N) is 6. The smallest absolute Gasteiger partial charge is 0.226 e. The summed E-state index contributed by atoms with van der Waals surface area (Å²) in [6.07, 6.45) is 6.39. The lowest BCUT2D eigenvalue weighted by Crippen LogP contribution is -2.55. The Hall–Kier alpha value is -2.38. The number of ether oxygens (including phenoxy) is 1. The van der Waals surface area contributed by atoms with Crippen LogP contribution in [-0.2, 0) is 22.1 Å². The first-order valence-corrected chi connectivity index (χ1v) is 17.2. The zero-order valence-electron chi connectivity index (χ0n) is 24.8. The predicted octanol–water partition coefficient (Wildman–Crippen LogP) is 3.49. The van der Waals surface area contributed by atoms with Crippen LogP contribution in [0.2, 0.25) is 0 Å². The summed E-state index contributed by atoms with van der Waals surface area (Å²) in [5, 5.41) is 9.82. The van der Waals surface area contributed by atoms with Crippen molar-refractivity contribution >= 4 is 37.3 Å². The van der Waals surface area contributed by atoms with Gasteiger partial charge in [-0.2, -0.15) is 0 Å². The van der Waals surface area contributed by atoms with Gasteiger partial charge < -0.3 is 14.7 Å². The van der Waals surface area contributed by atoms with Crippen molar-refractivity contribution in [3.8, 4) is 17.1 Å². The SMILES string of the molecule is COc1ncc(-c2nc(N3CCCCC3)nc3c(CN4CCN(C(C)(C)CO)CC4)c(C)sc23)cc1CS(C)(=O)=O. The van der Waals surface area contributed by atoms with Crippen LogP contribution in [-0.4, -0.2) is 103 Å². The van der Waals surface area contributed by atoms with E-state index in [9.17, 15) is 13.5 Å². The topological polar surface area (TPSA) is 112 Å². The minimum Gasteiger partial charge on any atom is -0.481 e. The number of pyridine rings is 1. The Labute approximate surface area is 247 Å². The number of thiophene rings is 1. The molecule has 2 aliphatic rings. The van der Waals surface area contributed by atoms with Gasteiger partial charge in [0.1, 0.15) is 0 Å². The number of aryl methyl sites for hydroxylation is 1. The fourth-order valence-corrected chi connectivity index (χ4v) is 7.66. The maximum atomic E-state index is 12.2. The van der Waals surface area contributed by atoms with E-state index in [1.165, 1.54) is 30.2 Å². The Balaban J connectivity index is 1.55. The zero-order valence-corrected chi connectivity index (χ0v) is 26.4. The number of hydrogen-bond donors (Lipinski definition) is 1. The minimum atomic E-state index is -3.29. The van der Waals surface area contributed by atoms with Crippen molar-refractivity contribution in [1.82, 2.24) is 24.8 Å². The summed E-state index contributed by atoms with van der Waals surface area (Å²) >= 11 is 1.69. The predicted molar refractivity (Wildman–Crippen MR) is 165 cm³/mol. The van der Waals surface area contributed by atoms with E-state index in [0.29, 0.717) is 11.4 Å². The number of piperidine rings is 1. The van der Waals surface area contributed by atoms with Crippen LogP contribution in [0, 0.1) is 6.92 Å². The van der Waals surface area contributed by atoms with Crippen LogP contribution in [0.1, 0.15) is 49.1 Å². The highest BCUT2D eigenvalue weighted by molar-refractivity contribution is 7.89. The van der Waals surface area contributed by atoms with Crippen LogP contribution < -0.4 is 9.64 Å². The first-order valence-electron chi connectivity index (χ1n) is 14.3. The van der Waals surface area contributed by atoms with Gasteiger partial charge in [-0.1, -0.05) is 0 Å². The van der Waals surface area contributed by atoms with Crippen molar-refractivity contribution in [1.29, 1.82) is 0 Å². The maximum Gasteiger partial charge on any atom is 0.226 e. The summed E-state index contributed by atoms with van der Waals surface area (Å²) in [4.78, 5) is 23.0. The molecule has 0 spiro atoms. The summed E-state index contributed by atoms with van der Waals surface area (Å²) in [6, 6.07) is 1.85. The highest BCUT2D eigenvalue weighted by Gasteiger charge is 2.30. The fourth-order valence-electron chi connectivity index (χ4n) is 5.77. The molecule has 10 nitrogen and oxygen atoms in total. The third-order valence-corrected chi connectivity index (χ3v) is 10.2. The van der Waals surface area contributed by atoms with Crippen molar-refractivity contribution in [2.24, 2.45) is 0 Å². The summed E-state index contributed by atoms with van der Waals surface area (Å²) in [6.45, 7) is 12.8. The summed E-state index contributed by atoms with van der Waals surface area (Å²) in [7, 11) is -1.79. The van der Waals surface area contributed by atoms with Gasteiger partial charge in [-0.3, -0.25) is 9.80 Å². The minimum absolute atomic E-state index is 0.145. The molecule has 3 aromatic heterocycles. The quantitative estimate of drug-likeness (QED) is 0.391. The Morgan fingerprint density at radius 3 is 2.41 bits per heavy atom. The molecule has 0 bridgehead atoms. The monoisotopic (exact) mass is 602 g/mol. The second-order valence-electron chi connectivity index (χ2n) is 11.9. The van der Waals surface area contributed by atoms with E-state index in [2.05, 4.69) is 40.5 Å². The third-order valence-electron chi connectivity index (χ3n) is 8.27. The first kappa shape index (κ1) is 30.1. The van der Waals surface area contributed by atoms with Gasteiger partial charge in [0.05, 0.1) is 35.4 Å². The molecular weight excluding hydrogens is 560 g/mol. The van der Waals surface area contributed by atoms with Crippen molar-refractivity contribution in [3.63, 3.8) is 0 Å². The molecule has 2 aliphatic heterocycles. The molecule has 41 heavy (non-hydrogen) atoms. The largest absolute Gasteiger partial charge is 0.481 e. The molecule has 1 N–H and O–H groups in total. The Bertz CT molecular complexity index is 1490. The Morgan fingerprint density at radius 1 is 1.07 bits per heavy atom. The van der Waals surface area contributed by atoms with Gasteiger partial charge in [-0.15, -0.1) is 11.3 Å². The molecule has 0 saturated carbocycles. The number of hydrogen-bond acceptors (Lipinski definition) is 11. The summed E-state index contributed by atoms with van der Waals surface area (Å²) < 4.78 is 30.8. The fraction of sp³-hybridized carbons (Fsp3) is 0.621. The van der Waals surface area contributed by atoms with E-state index in [4.69, 9.17) is 14.7 Å². The second-order valence-corrected chi connectivity index (χ2v) is 15.3. The lowest BCUT2D eigenvalue weighted by atomic mass is 10.0. The molecule has 2 saturated heterocycles. The molecule has 2 fully saturated rings. The highest BCUT2D eigenvalue weighted by atomic mass is 32.2.